The minimum absolute atomic E-state index is 0.178. The van der Waals surface area contributed by atoms with E-state index in [2.05, 4.69) is 9.36 Å². The van der Waals surface area contributed by atoms with Gasteiger partial charge in [0.05, 0.1) is 0 Å². The van der Waals surface area contributed by atoms with Crippen LogP contribution in [0.25, 0.3) is 0 Å². The van der Waals surface area contributed by atoms with Crippen molar-refractivity contribution in [2.75, 3.05) is 5.73 Å². The maximum Gasteiger partial charge on any atom is 0.200 e. The van der Waals surface area contributed by atoms with Gasteiger partial charge in [0.25, 0.3) is 0 Å². The zero-order valence-corrected chi connectivity index (χ0v) is 5.65. The summed E-state index contributed by atoms with van der Waals surface area (Å²) in [5, 5.41) is 0.314. The second kappa shape index (κ2) is 2.26. The number of halogens is 1. The van der Waals surface area contributed by atoms with Gasteiger partial charge < -0.3 is 5.73 Å². The topological polar surface area (TPSA) is 51.8 Å². The van der Waals surface area contributed by atoms with Gasteiger partial charge in [0.15, 0.2) is 17.1 Å². The largest absolute Gasteiger partial charge is 0.374 e. The summed E-state index contributed by atoms with van der Waals surface area (Å²) >= 11 is 1.01. The standard InChI is InChI=1S/C4H6FN3S/c1-2(5)3-7-4(6)9-8-3/h2H,1H3,(H2,6,7,8). The fraction of sp³-hybridized carbons (Fsp3) is 0.500. The Kier molecular flexibility index (Phi) is 1.61. The molecule has 0 fully saturated rings. The molecule has 5 heteroatoms. The van der Waals surface area contributed by atoms with Gasteiger partial charge in [-0.15, -0.1) is 0 Å². The van der Waals surface area contributed by atoms with Crippen LogP contribution in [0.3, 0.4) is 0 Å². The number of nitrogens with zero attached hydrogens (tertiary/aromatic N) is 2. The van der Waals surface area contributed by atoms with Gasteiger partial charge in [0.1, 0.15) is 0 Å². The van der Waals surface area contributed by atoms with Crippen molar-refractivity contribution in [1.29, 1.82) is 0 Å². The van der Waals surface area contributed by atoms with E-state index >= 15 is 0 Å². The molecule has 0 saturated heterocycles. The first kappa shape index (κ1) is 6.41. The van der Waals surface area contributed by atoms with Gasteiger partial charge in [-0.05, 0) is 6.92 Å². The molecule has 1 unspecified atom stereocenters. The van der Waals surface area contributed by atoms with Crippen LogP contribution in [-0.4, -0.2) is 9.36 Å². The molecule has 0 aliphatic heterocycles. The number of anilines is 1. The van der Waals surface area contributed by atoms with E-state index < -0.39 is 6.17 Å². The van der Waals surface area contributed by atoms with Crippen LogP contribution in [0.15, 0.2) is 0 Å². The van der Waals surface area contributed by atoms with Gasteiger partial charge in [-0.3, -0.25) is 0 Å². The average Bonchev–Trinajstić information content (AvgIpc) is 2.14. The molecule has 0 amide bonds. The Morgan fingerprint density at radius 1 is 1.78 bits per heavy atom. The van der Waals surface area contributed by atoms with Crippen LogP contribution in [-0.2, 0) is 0 Å². The summed E-state index contributed by atoms with van der Waals surface area (Å²) in [6.45, 7) is 1.38. The van der Waals surface area contributed by atoms with Crippen molar-refractivity contribution in [3.05, 3.63) is 5.82 Å². The molecular formula is C4H6FN3S. The Morgan fingerprint density at radius 2 is 2.44 bits per heavy atom. The normalized spacial score (nSPS) is 13.6. The highest BCUT2D eigenvalue weighted by Crippen LogP contribution is 2.15. The second-order valence-corrected chi connectivity index (χ2v) is 2.39. The maximum absolute atomic E-state index is 12.3. The average molecular weight is 147 g/mol. The van der Waals surface area contributed by atoms with E-state index in [1.807, 2.05) is 0 Å². The number of nitrogen functional groups attached to an aromatic ring is 1. The van der Waals surface area contributed by atoms with Crippen LogP contribution in [0.4, 0.5) is 9.52 Å². The number of rotatable bonds is 1. The highest BCUT2D eigenvalue weighted by molar-refractivity contribution is 7.09. The van der Waals surface area contributed by atoms with Crippen molar-refractivity contribution < 1.29 is 4.39 Å². The van der Waals surface area contributed by atoms with Gasteiger partial charge in [-0.1, -0.05) is 0 Å². The predicted molar refractivity (Wildman–Crippen MR) is 33.8 cm³/mol. The lowest BCUT2D eigenvalue weighted by Crippen LogP contribution is -1.88. The lowest BCUT2D eigenvalue weighted by Gasteiger charge is -1.88. The number of hydrogen-bond acceptors (Lipinski definition) is 4. The second-order valence-electron chi connectivity index (χ2n) is 1.61. The van der Waals surface area contributed by atoms with Gasteiger partial charge in [-0.2, -0.15) is 4.37 Å². The van der Waals surface area contributed by atoms with E-state index in [4.69, 9.17) is 5.73 Å². The molecule has 9 heavy (non-hydrogen) atoms. The third-order valence-electron chi connectivity index (χ3n) is 0.813. The highest BCUT2D eigenvalue weighted by atomic mass is 32.1. The van der Waals surface area contributed by atoms with Crippen molar-refractivity contribution in [3.63, 3.8) is 0 Å². The van der Waals surface area contributed by atoms with E-state index in [0.29, 0.717) is 5.13 Å². The zero-order valence-electron chi connectivity index (χ0n) is 4.84. The molecule has 2 N–H and O–H groups in total. The van der Waals surface area contributed by atoms with E-state index in [1.54, 1.807) is 0 Å². The Labute approximate surface area is 55.9 Å². The Bertz CT molecular complexity index is 197. The van der Waals surface area contributed by atoms with Crippen LogP contribution in [0.1, 0.15) is 18.9 Å². The van der Waals surface area contributed by atoms with Crippen LogP contribution < -0.4 is 5.73 Å². The first-order valence-electron chi connectivity index (χ1n) is 2.43. The summed E-state index contributed by atoms with van der Waals surface area (Å²) in [7, 11) is 0. The molecule has 1 aromatic rings. The quantitative estimate of drug-likeness (QED) is 0.648. The summed E-state index contributed by atoms with van der Waals surface area (Å²) in [5.74, 6) is 0.178. The Morgan fingerprint density at radius 3 is 2.67 bits per heavy atom. The fourth-order valence-corrected chi connectivity index (χ4v) is 0.916. The Hall–Kier alpha value is -0.710. The van der Waals surface area contributed by atoms with Crippen LogP contribution in [0.2, 0.25) is 0 Å². The van der Waals surface area contributed by atoms with Crippen LogP contribution in [0, 0.1) is 0 Å². The fourth-order valence-electron chi connectivity index (χ4n) is 0.409. The summed E-state index contributed by atoms with van der Waals surface area (Å²) < 4.78 is 15.9. The molecule has 0 aliphatic carbocycles. The smallest absolute Gasteiger partial charge is 0.200 e. The molecule has 1 rings (SSSR count). The highest BCUT2D eigenvalue weighted by Gasteiger charge is 2.07. The molecule has 1 heterocycles. The first-order valence-corrected chi connectivity index (χ1v) is 3.20. The van der Waals surface area contributed by atoms with Crippen LogP contribution in [0.5, 0.6) is 0 Å². The molecule has 0 bridgehead atoms. The lowest BCUT2D eigenvalue weighted by atomic mass is 10.4. The molecule has 0 aliphatic rings. The summed E-state index contributed by atoms with van der Waals surface area (Å²) in [5.41, 5.74) is 5.19. The number of alkyl halides is 1. The molecule has 0 saturated carbocycles. The summed E-state index contributed by atoms with van der Waals surface area (Å²) in [6.07, 6.45) is -1.11. The molecular weight excluding hydrogens is 141 g/mol. The van der Waals surface area contributed by atoms with Crippen molar-refractivity contribution in [3.8, 4) is 0 Å². The molecule has 0 aromatic carbocycles. The van der Waals surface area contributed by atoms with Crippen molar-refractivity contribution >= 4 is 16.7 Å². The van der Waals surface area contributed by atoms with Crippen molar-refractivity contribution in [2.24, 2.45) is 0 Å². The summed E-state index contributed by atoms with van der Waals surface area (Å²) in [4.78, 5) is 3.62. The van der Waals surface area contributed by atoms with Gasteiger partial charge in [0, 0.05) is 11.5 Å². The molecule has 0 spiro atoms. The first-order chi connectivity index (χ1) is 4.20. The van der Waals surface area contributed by atoms with E-state index in [1.165, 1.54) is 6.92 Å². The third kappa shape index (κ3) is 1.35. The maximum atomic E-state index is 12.3. The number of nitrogens with two attached hydrogens (primary N) is 1. The zero-order chi connectivity index (χ0) is 6.85. The third-order valence-corrected chi connectivity index (χ3v) is 1.37. The van der Waals surface area contributed by atoms with Crippen molar-refractivity contribution in [1.82, 2.24) is 9.36 Å². The Balaban J connectivity index is 2.85. The lowest BCUT2D eigenvalue weighted by molar-refractivity contribution is 0.360. The minimum Gasteiger partial charge on any atom is -0.374 e. The molecule has 3 nitrogen and oxygen atoms in total. The van der Waals surface area contributed by atoms with Gasteiger partial charge in [-0.25, -0.2) is 9.37 Å². The van der Waals surface area contributed by atoms with E-state index in [0.717, 1.165) is 11.5 Å². The van der Waals surface area contributed by atoms with Gasteiger partial charge in [0.2, 0.25) is 0 Å². The minimum atomic E-state index is -1.11. The monoisotopic (exact) mass is 147 g/mol. The number of hydrogen-bond donors (Lipinski definition) is 1. The van der Waals surface area contributed by atoms with E-state index in [-0.39, 0.29) is 5.82 Å². The SMILES string of the molecule is CC(F)c1nsc(N)n1. The summed E-state index contributed by atoms with van der Waals surface area (Å²) in [6, 6.07) is 0. The molecule has 1 atom stereocenters. The van der Waals surface area contributed by atoms with E-state index in [9.17, 15) is 4.39 Å². The predicted octanol–water partition coefficient (Wildman–Crippen LogP) is 1.15. The van der Waals surface area contributed by atoms with Gasteiger partial charge >= 0.3 is 0 Å². The molecule has 50 valence electrons. The van der Waals surface area contributed by atoms with Crippen LogP contribution >= 0.6 is 11.5 Å². The molecule has 1 aromatic heterocycles. The number of aromatic nitrogens is 2. The molecule has 0 radical (unpaired) electrons. The van der Waals surface area contributed by atoms with Crippen molar-refractivity contribution in [2.45, 2.75) is 13.1 Å².